The summed E-state index contributed by atoms with van der Waals surface area (Å²) in [6.45, 7) is 3.74. The highest BCUT2D eigenvalue weighted by molar-refractivity contribution is 5.07. The van der Waals surface area contributed by atoms with Crippen LogP contribution in [-0.2, 0) is 13.0 Å². The average Bonchev–Trinajstić information content (AvgIpc) is 3.07. The van der Waals surface area contributed by atoms with E-state index in [2.05, 4.69) is 25.0 Å². The van der Waals surface area contributed by atoms with E-state index in [0.717, 1.165) is 25.3 Å². The number of rotatable bonds is 4. The zero-order valence-corrected chi connectivity index (χ0v) is 10.5. The summed E-state index contributed by atoms with van der Waals surface area (Å²) in [5.74, 6) is 1.37. The third kappa shape index (κ3) is 2.28. The van der Waals surface area contributed by atoms with Gasteiger partial charge < -0.3 is 14.4 Å². The van der Waals surface area contributed by atoms with E-state index in [4.69, 9.17) is 4.52 Å². The molecule has 0 aliphatic carbocycles. The summed E-state index contributed by atoms with van der Waals surface area (Å²) in [5.41, 5.74) is 1.26. The second-order valence-electron chi connectivity index (χ2n) is 4.64. The maximum absolute atomic E-state index is 4.97. The fraction of sp³-hybridized carbons (Fsp3) is 0.583. The van der Waals surface area contributed by atoms with Crippen LogP contribution in [0.3, 0.4) is 0 Å². The molecular weight excluding hydrogens is 230 g/mol. The van der Waals surface area contributed by atoms with Crippen LogP contribution >= 0.6 is 0 Å². The summed E-state index contributed by atoms with van der Waals surface area (Å²) in [6, 6.07) is 0.444. The van der Waals surface area contributed by atoms with Crippen LogP contribution in [0.1, 0.15) is 36.3 Å². The Labute approximate surface area is 105 Å². The van der Waals surface area contributed by atoms with Gasteiger partial charge in [0.25, 0.3) is 0 Å². The molecule has 3 rings (SSSR count). The monoisotopic (exact) mass is 247 g/mol. The van der Waals surface area contributed by atoms with Gasteiger partial charge in [-0.05, 0) is 19.4 Å². The van der Waals surface area contributed by atoms with Crippen molar-refractivity contribution in [3.63, 3.8) is 0 Å². The number of hydrogen-bond acceptors (Lipinski definition) is 5. The highest BCUT2D eigenvalue weighted by atomic mass is 16.5. The molecule has 1 fully saturated rings. The third-order valence-electron chi connectivity index (χ3n) is 3.31. The number of nitrogens with one attached hydrogen (secondary N) is 1. The van der Waals surface area contributed by atoms with E-state index >= 15 is 0 Å². The molecule has 6 nitrogen and oxygen atoms in total. The second kappa shape index (κ2) is 4.89. The molecule has 2 aromatic heterocycles. The van der Waals surface area contributed by atoms with Gasteiger partial charge in [0, 0.05) is 32.1 Å². The summed E-state index contributed by atoms with van der Waals surface area (Å²) in [7, 11) is 0. The number of imidazole rings is 1. The van der Waals surface area contributed by atoms with Crippen LogP contribution in [0.25, 0.3) is 0 Å². The predicted molar refractivity (Wildman–Crippen MR) is 64.9 cm³/mol. The van der Waals surface area contributed by atoms with E-state index in [0.29, 0.717) is 11.9 Å². The molecule has 3 heterocycles. The van der Waals surface area contributed by atoms with Gasteiger partial charge in [-0.25, -0.2) is 4.98 Å². The lowest BCUT2D eigenvalue weighted by molar-refractivity contribution is 0.386. The van der Waals surface area contributed by atoms with Gasteiger partial charge in [-0.2, -0.15) is 4.98 Å². The van der Waals surface area contributed by atoms with Crippen molar-refractivity contribution in [1.29, 1.82) is 0 Å². The van der Waals surface area contributed by atoms with Gasteiger partial charge in [-0.15, -0.1) is 0 Å². The number of aryl methyl sites for hydroxylation is 3. The molecule has 1 unspecified atom stereocenters. The lowest BCUT2D eigenvalue weighted by atomic mass is 10.2. The summed E-state index contributed by atoms with van der Waals surface area (Å²) in [4.78, 5) is 8.45. The first-order chi connectivity index (χ1) is 8.83. The summed E-state index contributed by atoms with van der Waals surface area (Å²) >= 11 is 0. The van der Waals surface area contributed by atoms with Crippen molar-refractivity contribution in [3.05, 3.63) is 29.9 Å². The maximum Gasteiger partial charge on any atom is 0.223 e. The van der Waals surface area contributed by atoms with E-state index < -0.39 is 0 Å². The summed E-state index contributed by atoms with van der Waals surface area (Å²) in [5, 5.41) is 7.40. The largest absolute Gasteiger partial charge is 0.340 e. The molecule has 0 amide bonds. The molecule has 2 aromatic rings. The first-order valence-corrected chi connectivity index (χ1v) is 6.35. The Hall–Kier alpha value is -1.69. The van der Waals surface area contributed by atoms with E-state index in [-0.39, 0.29) is 0 Å². The molecule has 0 aromatic carbocycles. The van der Waals surface area contributed by atoms with Gasteiger partial charge in [0.1, 0.15) is 0 Å². The molecule has 0 spiro atoms. The Morgan fingerprint density at radius 2 is 2.50 bits per heavy atom. The molecule has 1 atom stereocenters. The van der Waals surface area contributed by atoms with E-state index in [1.54, 1.807) is 0 Å². The van der Waals surface area contributed by atoms with Crippen molar-refractivity contribution in [2.24, 2.45) is 0 Å². The van der Waals surface area contributed by atoms with Gasteiger partial charge in [-0.3, -0.25) is 0 Å². The smallest absolute Gasteiger partial charge is 0.223 e. The van der Waals surface area contributed by atoms with Crippen molar-refractivity contribution in [2.45, 2.75) is 38.8 Å². The van der Waals surface area contributed by atoms with Crippen molar-refractivity contribution >= 4 is 0 Å². The highest BCUT2D eigenvalue weighted by Crippen LogP contribution is 2.22. The zero-order chi connectivity index (χ0) is 12.4. The standard InChI is InChI=1S/C12H17N5O/c1-9-15-12(16-18-9)4-6-17-8-13-7-11(17)10-3-2-5-14-10/h7-8,10,14H,2-6H2,1H3. The topological polar surface area (TPSA) is 68.8 Å². The van der Waals surface area contributed by atoms with Gasteiger partial charge in [0.05, 0.1) is 12.0 Å². The molecule has 6 heteroatoms. The van der Waals surface area contributed by atoms with E-state index in [1.807, 2.05) is 19.4 Å². The fourth-order valence-corrected chi connectivity index (χ4v) is 2.41. The lowest BCUT2D eigenvalue weighted by Gasteiger charge is -2.13. The van der Waals surface area contributed by atoms with Gasteiger partial charge >= 0.3 is 0 Å². The Balaban J connectivity index is 1.67. The molecule has 0 bridgehead atoms. The van der Waals surface area contributed by atoms with Crippen molar-refractivity contribution in [1.82, 2.24) is 25.0 Å². The minimum atomic E-state index is 0.444. The Morgan fingerprint density at radius 1 is 1.56 bits per heavy atom. The highest BCUT2D eigenvalue weighted by Gasteiger charge is 2.19. The van der Waals surface area contributed by atoms with Crippen LogP contribution in [0.5, 0.6) is 0 Å². The molecule has 96 valence electrons. The first-order valence-electron chi connectivity index (χ1n) is 6.35. The number of aromatic nitrogens is 4. The lowest BCUT2D eigenvalue weighted by Crippen LogP contribution is -2.17. The van der Waals surface area contributed by atoms with Crippen LogP contribution in [-0.4, -0.2) is 26.2 Å². The van der Waals surface area contributed by atoms with Crippen molar-refractivity contribution in [2.75, 3.05) is 6.54 Å². The second-order valence-corrected chi connectivity index (χ2v) is 4.64. The maximum atomic E-state index is 4.97. The number of hydrogen-bond donors (Lipinski definition) is 1. The molecule has 1 aliphatic heterocycles. The van der Waals surface area contributed by atoms with Crippen molar-refractivity contribution in [3.8, 4) is 0 Å². The molecule has 1 aliphatic rings. The molecule has 0 saturated carbocycles. The minimum absolute atomic E-state index is 0.444. The predicted octanol–water partition coefficient (Wildman–Crippen LogP) is 1.24. The fourth-order valence-electron chi connectivity index (χ4n) is 2.41. The van der Waals surface area contributed by atoms with Crippen LogP contribution < -0.4 is 5.32 Å². The molecule has 1 saturated heterocycles. The Kier molecular flexibility index (Phi) is 3.10. The SMILES string of the molecule is Cc1nc(CCn2cncc2C2CCCN2)no1. The normalized spacial score (nSPS) is 19.5. The molecule has 18 heavy (non-hydrogen) atoms. The van der Waals surface area contributed by atoms with Crippen LogP contribution in [0.4, 0.5) is 0 Å². The molecule has 0 radical (unpaired) electrons. The zero-order valence-electron chi connectivity index (χ0n) is 10.5. The molecule has 1 N–H and O–H groups in total. The van der Waals surface area contributed by atoms with E-state index in [1.165, 1.54) is 18.5 Å². The van der Waals surface area contributed by atoms with Crippen LogP contribution in [0.2, 0.25) is 0 Å². The summed E-state index contributed by atoms with van der Waals surface area (Å²) in [6.07, 6.45) is 7.02. The quantitative estimate of drug-likeness (QED) is 0.880. The minimum Gasteiger partial charge on any atom is -0.340 e. The molecular formula is C12H17N5O. The first kappa shape index (κ1) is 11.4. The third-order valence-corrected chi connectivity index (χ3v) is 3.31. The van der Waals surface area contributed by atoms with Gasteiger partial charge in [0.15, 0.2) is 5.82 Å². The Morgan fingerprint density at radius 3 is 3.22 bits per heavy atom. The van der Waals surface area contributed by atoms with Gasteiger partial charge in [-0.1, -0.05) is 5.16 Å². The van der Waals surface area contributed by atoms with E-state index in [9.17, 15) is 0 Å². The van der Waals surface area contributed by atoms with Crippen LogP contribution in [0.15, 0.2) is 17.0 Å². The number of nitrogens with zero attached hydrogens (tertiary/aromatic N) is 4. The van der Waals surface area contributed by atoms with Crippen LogP contribution in [0, 0.1) is 6.92 Å². The summed E-state index contributed by atoms with van der Waals surface area (Å²) < 4.78 is 7.14. The van der Waals surface area contributed by atoms with Crippen molar-refractivity contribution < 1.29 is 4.52 Å². The Bertz CT molecular complexity index is 512. The average molecular weight is 247 g/mol. The van der Waals surface area contributed by atoms with Gasteiger partial charge in [0.2, 0.25) is 5.89 Å².